The van der Waals surface area contributed by atoms with Gasteiger partial charge in [-0.25, -0.2) is 0 Å². The first-order chi connectivity index (χ1) is 13.7. The molecular formula is C21H24INO4S. The number of thiophene rings is 1. The quantitative estimate of drug-likeness (QED) is 0.390. The second kappa shape index (κ2) is 10.9. The maximum absolute atomic E-state index is 12.7. The zero-order chi connectivity index (χ0) is 19.8. The molecule has 0 spiro atoms. The number of aliphatic hydroxyl groups is 1. The van der Waals surface area contributed by atoms with Gasteiger partial charge in [-0.2, -0.15) is 0 Å². The van der Waals surface area contributed by atoms with Crippen molar-refractivity contribution in [3.63, 3.8) is 0 Å². The van der Waals surface area contributed by atoms with E-state index in [0.29, 0.717) is 31.8 Å². The number of carbonyl (C=O) groups is 1. The number of carbonyl (C=O) groups excluding carboxylic acids is 1. The van der Waals surface area contributed by atoms with Crippen molar-refractivity contribution in [2.45, 2.75) is 38.0 Å². The molecule has 5 nitrogen and oxygen atoms in total. The molecule has 0 radical (unpaired) electrons. The highest BCUT2D eigenvalue weighted by molar-refractivity contribution is 14.1. The van der Waals surface area contributed by atoms with Crippen LogP contribution in [-0.4, -0.2) is 30.5 Å². The number of hydrogen-bond acceptors (Lipinski definition) is 5. The number of amides is 1. The summed E-state index contributed by atoms with van der Waals surface area (Å²) in [7, 11) is 0. The minimum Gasteiger partial charge on any atom is -0.459 e. The lowest BCUT2D eigenvalue weighted by Crippen LogP contribution is -2.32. The van der Waals surface area contributed by atoms with E-state index in [-0.39, 0.29) is 18.4 Å². The lowest BCUT2D eigenvalue weighted by molar-refractivity contribution is -0.146. The summed E-state index contributed by atoms with van der Waals surface area (Å²) in [6.07, 6.45) is 3.56. The van der Waals surface area contributed by atoms with Crippen LogP contribution in [0.15, 0.2) is 53.6 Å². The van der Waals surface area contributed by atoms with Gasteiger partial charge in [0.05, 0.1) is 6.61 Å². The molecule has 7 heteroatoms. The van der Waals surface area contributed by atoms with Gasteiger partial charge in [-0.1, -0.05) is 18.2 Å². The van der Waals surface area contributed by atoms with E-state index in [1.165, 1.54) is 4.88 Å². The van der Waals surface area contributed by atoms with Gasteiger partial charge >= 0.3 is 0 Å². The molecule has 1 amide bonds. The Kier molecular flexibility index (Phi) is 8.32. The first-order valence-electron chi connectivity index (χ1n) is 9.32. The normalized spacial score (nSPS) is 19.0. The predicted molar refractivity (Wildman–Crippen MR) is 118 cm³/mol. The number of halogens is 1. The summed E-state index contributed by atoms with van der Waals surface area (Å²) in [6, 6.07) is 12.1. The van der Waals surface area contributed by atoms with Gasteiger partial charge < -0.3 is 19.9 Å². The van der Waals surface area contributed by atoms with Crippen LogP contribution in [-0.2, 0) is 20.8 Å². The molecule has 0 unspecified atom stereocenters. The Balaban J connectivity index is 1.63. The van der Waals surface area contributed by atoms with Crippen LogP contribution in [0.1, 0.15) is 35.6 Å². The van der Waals surface area contributed by atoms with E-state index in [2.05, 4.69) is 34.0 Å². The molecule has 0 aliphatic carbocycles. The number of allylic oxidation sites excluding steroid dienone is 1. The Morgan fingerprint density at radius 1 is 1.29 bits per heavy atom. The highest BCUT2D eigenvalue weighted by Crippen LogP contribution is 2.33. The Morgan fingerprint density at radius 2 is 2.11 bits per heavy atom. The van der Waals surface area contributed by atoms with Gasteiger partial charge in [-0.05, 0) is 70.7 Å². The molecule has 2 heterocycles. The van der Waals surface area contributed by atoms with Crippen LogP contribution in [0.2, 0.25) is 0 Å². The average molecular weight is 513 g/mol. The van der Waals surface area contributed by atoms with Crippen LogP contribution < -0.4 is 5.32 Å². The van der Waals surface area contributed by atoms with Gasteiger partial charge in [0.1, 0.15) is 0 Å². The molecular weight excluding hydrogens is 489 g/mol. The third kappa shape index (κ3) is 6.30. The maximum atomic E-state index is 12.7. The molecule has 28 heavy (non-hydrogen) atoms. The zero-order valence-corrected chi connectivity index (χ0v) is 18.4. The van der Waals surface area contributed by atoms with Crippen LogP contribution >= 0.6 is 33.9 Å². The minimum absolute atomic E-state index is 0.0932. The summed E-state index contributed by atoms with van der Waals surface area (Å²) >= 11 is 3.92. The fourth-order valence-electron chi connectivity index (χ4n) is 2.92. The molecule has 0 fully saturated rings. The van der Waals surface area contributed by atoms with E-state index < -0.39 is 6.29 Å². The van der Waals surface area contributed by atoms with Crippen molar-refractivity contribution < 1.29 is 19.4 Å². The molecule has 1 aliphatic rings. The van der Waals surface area contributed by atoms with E-state index in [9.17, 15) is 4.79 Å². The lowest BCUT2D eigenvalue weighted by atomic mass is 9.99. The second-order valence-electron chi connectivity index (χ2n) is 6.55. The Bertz CT molecular complexity index is 776. The largest absolute Gasteiger partial charge is 0.459 e. The summed E-state index contributed by atoms with van der Waals surface area (Å²) in [5.74, 6) is 0.168. The number of benzene rings is 1. The lowest BCUT2D eigenvalue weighted by Gasteiger charge is -2.28. The Morgan fingerprint density at radius 3 is 2.82 bits per heavy atom. The standard InChI is InChI=1S/C21H24INO4S/c22-17-7-5-15(6-8-17)14-23-21(25)18-12-16(19-4-3-11-28-19)13-20(27-18)26-10-2-1-9-24/h3-8,11-12,16,20,24H,1-2,9-10,13-14H2,(H,23,25)/t16-,20+/m1/s1. The van der Waals surface area contributed by atoms with Gasteiger partial charge in [0.2, 0.25) is 6.29 Å². The fraction of sp³-hybridized carbons (Fsp3) is 0.381. The van der Waals surface area contributed by atoms with E-state index in [1.807, 2.05) is 41.8 Å². The summed E-state index contributed by atoms with van der Waals surface area (Å²) < 4.78 is 12.8. The van der Waals surface area contributed by atoms with Crippen molar-refractivity contribution in [2.24, 2.45) is 0 Å². The molecule has 2 atom stereocenters. The number of nitrogens with one attached hydrogen (secondary N) is 1. The number of hydrogen-bond donors (Lipinski definition) is 2. The first kappa shape index (κ1) is 21.3. The summed E-state index contributed by atoms with van der Waals surface area (Å²) in [5.41, 5.74) is 1.04. The van der Waals surface area contributed by atoms with Crippen molar-refractivity contribution in [1.82, 2.24) is 5.32 Å². The van der Waals surface area contributed by atoms with Gasteiger partial charge in [0, 0.05) is 33.9 Å². The van der Waals surface area contributed by atoms with Crippen molar-refractivity contribution in [3.8, 4) is 0 Å². The Labute approximate surface area is 182 Å². The molecule has 2 N–H and O–H groups in total. The van der Waals surface area contributed by atoms with Crippen molar-refractivity contribution >= 4 is 39.8 Å². The summed E-state index contributed by atoms with van der Waals surface area (Å²) in [6.45, 7) is 1.10. The predicted octanol–water partition coefficient (Wildman–Crippen LogP) is 4.17. The van der Waals surface area contributed by atoms with Crippen molar-refractivity contribution in [2.75, 3.05) is 13.2 Å². The van der Waals surface area contributed by atoms with Crippen LogP contribution in [0.3, 0.4) is 0 Å². The van der Waals surface area contributed by atoms with Gasteiger partial charge in [-0.15, -0.1) is 11.3 Å². The molecule has 1 aromatic heterocycles. The van der Waals surface area contributed by atoms with Crippen LogP contribution in [0, 0.1) is 3.57 Å². The van der Waals surface area contributed by atoms with Crippen molar-refractivity contribution in [3.05, 3.63) is 67.6 Å². The smallest absolute Gasteiger partial charge is 0.286 e. The number of rotatable bonds is 9. The molecule has 0 saturated heterocycles. The van der Waals surface area contributed by atoms with Gasteiger partial charge in [0.15, 0.2) is 5.76 Å². The minimum atomic E-state index is -0.463. The summed E-state index contributed by atoms with van der Waals surface area (Å²) in [5, 5.41) is 13.9. The molecule has 0 bridgehead atoms. The third-order valence-corrected chi connectivity index (χ3v) is 6.14. The van der Waals surface area contributed by atoms with Crippen LogP contribution in [0.5, 0.6) is 0 Å². The summed E-state index contributed by atoms with van der Waals surface area (Å²) in [4.78, 5) is 13.9. The van der Waals surface area contributed by atoms with Gasteiger partial charge in [-0.3, -0.25) is 4.79 Å². The number of aliphatic hydroxyl groups excluding tert-OH is 1. The third-order valence-electron chi connectivity index (χ3n) is 4.41. The molecule has 1 aliphatic heterocycles. The van der Waals surface area contributed by atoms with E-state index >= 15 is 0 Å². The molecule has 1 aromatic carbocycles. The van der Waals surface area contributed by atoms with E-state index in [4.69, 9.17) is 14.6 Å². The topological polar surface area (TPSA) is 67.8 Å². The van der Waals surface area contributed by atoms with Crippen LogP contribution in [0.25, 0.3) is 0 Å². The number of unbranched alkanes of at least 4 members (excludes halogenated alkanes) is 1. The molecule has 2 aromatic rings. The molecule has 3 rings (SSSR count). The highest BCUT2D eigenvalue weighted by Gasteiger charge is 2.29. The fourth-order valence-corrected chi connectivity index (χ4v) is 4.09. The number of ether oxygens (including phenoxy) is 2. The Hall–Kier alpha value is -1.42. The first-order valence-corrected chi connectivity index (χ1v) is 11.3. The maximum Gasteiger partial charge on any atom is 0.286 e. The SMILES string of the molecule is O=C(NCc1ccc(I)cc1)C1=C[C@@H](c2cccs2)C[C@@H](OCCCCO)O1. The zero-order valence-electron chi connectivity index (χ0n) is 15.5. The molecule has 0 saturated carbocycles. The van der Waals surface area contributed by atoms with Gasteiger partial charge in [0.25, 0.3) is 5.91 Å². The monoisotopic (exact) mass is 513 g/mol. The van der Waals surface area contributed by atoms with E-state index in [0.717, 1.165) is 15.6 Å². The van der Waals surface area contributed by atoms with E-state index in [1.54, 1.807) is 11.3 Å². The second-order valence-corrected chi connectivity index (χ2v) is 8.77. The average Bonchev–Trinajstić information content (AvgIpc) is 3.25. The van der Waals surface area contributed by atoms with Crippen molar-refractivity contribution in [1.29, 1.82) is 0 Å². The van der Waals surface area contributed by atoms with Crippen LogP contribution in [0.4, 0.5) is 0 Å². The molecule has 150 valence electrons. The highest BCUT2D eigenvalue weighted by atomic mass is 127.